The van der Waals surface area contributed by atoms with Gasteiger partial charge in [-0.15, -0.1) is 0 Å². The highest BCUT2D eigenvalue weighted by Crippen LogP contribution is 2.24. The standard InChI is InChI=1S/C26H29N5O4/c1-4-14-29-25(24(28)31-15-13-19(16-31)26(33)34-3)35-20-11-9-18(10-12-20)23(32)17(2)30-22-8-6-5-7-21(22)27/h4-12,14,19,30H,1-2,13,15-16,27-28H2,3H3/b25-24-,29-14-/t19-/m0/s1. The summed E-state index contributed by atoms with van der Waals surface area (Å²) in [5.41, 5.74) is 14.0. The van der Waals surface area contributed by atoms with Crippen molar-refractivity contribution in [1.82, 2.24) is 4.90 Å². The molecule has 1 heterocycles. The number of allylic oxidation sites excluding steroid dienone is 2. The Balaban J connectivity index is 1.72. The number of hydrogen-bond acceptors (Lipinski definition) is 9. The van der Waals surface area contributed by atoms with Crippen molar-refractivity contribution < 1.29 is 19.1 Å². The second kappa shape index (κ2) is 11.6. The Morgan fingerprint density at radius 1 is 1.20 bits per heavy atom. The number of hydrogen-bond donors (Lipinski definition) is 3. The molecule has 1 aliphatic heterocycles. The van der Waals surface area contributed by atoms with Crippen molar-refractivity contribution in [2.24, 2.45) is 16.6 Å². The molecule has 0 spiro atoms. The Kier molecular flexibility index (Phi) is 8.29. The topological polar surface area (TPSA) is 132 Å². The third kappa shape index (κ3) is 6.29. The summed E-state index contributed by atoms with van der Waals surface area (Å²) in [4.78, 5) is 30.7. The molecule has 0 aliphatic carbocycles. The fourth-order valence-corrected chi connectivity index (χ4v) is 3.53. The minimum absolute atomic E-state index is 0.153. The number of nitrogens with one attached hydrogen (secondary N) is 1. The van der Waals surface area contributed by atoms with Gasteiger partial charge in [-0.3, -0.25) is 9.59 Å². The Bertz CT molecular complexity index is 1170. The molecule has 0 unspecified atom stereocenters. The van der Waals surface area contributed by atoms with Crippen LogP contribution in [0.2, 0.25) is 0 Å². The maximum absolute atomic E-state index is 12.8. The van der Waals surface area contributed by atoms with E-state index < -0.39 is 0 Å². The minimum atomic E-state index is -0.286. The van der Waals surface area contributed by atoms with Crippen molar-refractivity contribution in [3.05, 3.63) is 90.7 Å². The van der Waals surface area contributed by atoms with Crippen LogP contribution in [0.25, 0.3) is 0 Å². The number of nitrogens with zero attached hydrogens (tertiary/aromatic N) is 2. The summed E-state index contributed by atoms with van der Waals surface area (Å²) in [5.74, 6) is 0.0406. The van der Waals surface area contributed by atoms with E-state index in [0.717, 1.165) is 0 Å². The molecular weight excluding hydrogens is 446 g/mol. The molecule has 5 N–H and O–H groups in total. The molecule has 1 saturated heterocycles. The second-order valence-corrected chi connectivity index (χ2v) is 7.81. The summed E-state index contributed by atoms with van der Waals surface area (Å²) in [6.45, 7) is 8.42. The average molecular weight is 476 g/mol. The fourth-order valence-electron chi connectivity index (χ4n) is 3.53. The van der Waals surface area contributed by atoms with Crippen molar-refractivity contribution in [2.45, 2.75) is 6.42 Å². The molecule has 0 aromatic heterocycles. The largest absolute Gasteiger partial charge is 0.469 e. The third-order valence-electron chi connectivity index (χ3n) is 5.43. The Morgan fingerprint density at radius 3 is 2.57 bits per heavy atom. The predicted molar refractivity (Wildman–Crippen MR) is 137 cm³/mol. The zero-order valence-corrected chi connectivity index (χ0v) is 19.6. The molecule has 2 aromatic carbocycles. The van der Waals surface area contributed by atoms with Gasteiger partial charge in [0, 0.05) is 24.9 Å². The van der Waals surface area contributed by atoms with E-state index >= 15 is 0 Å². The lowest BCUT2D eigenvalue weighted by Gasteiger charge is -2.20. The van der Waals surface area contributed by atoms with Gasteiger partial charge < -0.3 is 31.2 Å². The maximum atomic E-state index is 12.8. The van der Waals surface area contributed by atoms with Crippen molar-refractivity contribution in [3.8, 4) is 5.75 Å². The lowest BCUT2D eigenvalue weighted by Crippen LogP contribution is -2.29. The summed E-state index contributed by atoms with van der Waals surface area (Å²) in [7, 11) is 1.37. The molecule has 35 heavy (non-hydrogen) atoms. The summed E-state index contributed by atoms with van der Waals surface area (Å²) < 4.78 is 10.7. The number of likely N-dealkylation sites (tertiary alicyclic amines) is 1. The quantitative estimate of drug-likeness (QED) is 0.119. The lowest BCUT2D eigenvalue weighted by atomic mass is 10.1. The van der Waals surface area contributed by atoms with Gasteiger partial charge in [-0.05, 0) is 42.8 Å². The summed E-state index contributed by atoms with van der Waals surface area (Å²) in [5, 5.41) is 2.95. The number of rotatable bonds is 10. The monoisotopic (exact) mass is 475 g/mol. The van der Waals surface area contributed by atoms with Crippen molar-refractivity contribution in [1.29, 1.82) is 0 Å². The minimum Gasteiger partial charge on any atom is -0.469 e. The van der Waals surface area contributed by atoms with Gasteiger partial charge in [-0.25, -0.2) is 4.99 Å². The maximum Gasteiger partial charge on any atom is 0.310 e. The van der Waals surface area contributed by atoms with E-state index in [1.165, 1.54) is 19.4 Å². The van der Waals surface area contributed by atoms with Gasteiger partial charge in [-0.2, -0.15) is 0 Å². The molecule has 3 rings (SSSR count). The molecule has 1 aliphatic rings. The highest BCUT2D eigenvalue weighted by atomic mass is 16.5. The van der Waals surface area contributed by atoms with Gasteiger partial charge in [0.25, 0.3) is 5.88 Å². The first-order chi connectivity index (χ1) is 16.8. The van der Waals surface area contributed by atoms with Gasteiger partial charge in [0.15, 0.2) is 5.82 Å². The highest BCUT2D eigenvalue weighted by Gasteiger charge is 2.31. The zero-order chi connectivity index (χ0) is 25.4. The molecule has 1 atom stereocenters. The number of carbonyl (C=O) groups excluding carboxylic acids is 2. The third-order valence-corrected chi connectivity index (χ3v) is 5.43. The van der Waals surface area contributed by atoms with Crippen LogP contribution in [0.3, 0.4) is 0 Å². The van der Waals surface area contributed by atoms with E-state index in [0.29, 0.717) is 42.2 Å². The van der Waals surface area contributed by atoms with Crippen LogP contribution in [0.5, 0.6) is 5.75 Å². The van der Waals surface area contributed by atoms with Crippen LogP contribution >= 0.6 is 0 Å². The molecule has 0 radical (unpaired) electrons. The predicted octanol–water partition coefficient (Wildman–Crippen LogP) is 3.29. The number of benzene rings is 2. The molecule has 0 saturated carbocycles. The number of methoxy groups -OCH3 is 1. The van der Waals surface area contributed by atoms with E-state index in [-0.39, 0.29) is 35.1 Å². The first kappa shape index (κ1) is 25.1. The molecule has 0 amide bonds. The molecule has 9 heteroatoms. The molecule has 0 bridgehead atoms. The summed E-state index contributed by atoms with van der Waals surface area (Å²) in [6, 6.07) is 13.6. The number of aliphatic imine (C=N–C) groups is 1. The smallest absolute Gasteiger partial charge is 0.310 e. The first-order valence-corrected chi connectivity index (χ1v) is 10.9. The van der Waals surface area contributed by atoms with Crippen LogP contribution in [0, 0.1) is 5.92 Å². The second-order valence-electron chi connectivity index (χ2n) is 7.81. The van der Waals surface area contributed by atoms with E-state index in [1.54, 1.807) is 42.5 Å². The van der Waals surface area contributed by atoms with Gasteiger partial charge in [0.1, 0.15) is 5.75 Å². The number of esters is 1. The molecule has 2 aromatic rings. The fraction of sp³-hybridized carbons (Fsp3) is 0.192. The van der Waals surface area contributed by atoms with Gasteiger partial charge in [0.05, 0.1) is 30.1 Å². The van der Waals surface area contributed by atoms with Gasteiger partial charge in [-0.1, -0.05) is 31.4 Å². The number of anilines is 2. The van der Waals surface area contributed by atoms with Crippen LogP contribution in [0.4, 0.5) is 11.4 Å². The van der Waals surface area contributed by atoms with Crippen LogP contribution in [0.1, 0.15) is 16.8 Å². The van der Waals surface area contributed by atoms with Crippen LogP contribution in [-0.4, -0.2) is 43.1 Å². The highest BCUT2D eigenvalue weighted by molar-refractivity contribution is 6.10. The van der Waals surface area contributed by atoms with Crippen molar-refractivity contribution >= 4 is 29.3 Å². The first-order valence-electron chi connectivity index (χ1n) is 10.9. The van der Waals surface area contributed by atoms with E-state index in [1.807, 2.05) is 11.0 Å². The number of para-hydroxylation sites is 2. The number of ketones is 1. The van der Waals surface area contributed by atoms with Gasteiger partial charge in [0.2, 0.25) is 5.78 Å². The summed E-state index contributed by atoms with van der Waals surface area (Å²) >= 11 is 0. The number of carbonyl (C=O) groups is 2. The zero-order valence-electron chi connectivity index (χ0n) is 19.6. The average Bonchev–Trinajstić information content (AvgIpc) is 3.37. The number of ether oxygens (including phenoxy) is 2. The SMILES string of the molecule is C=C/C=N\C(Oc1ccc(C(=O)C(=C)Nc2ccccc2N)cc1)=C(/N)N1CC[C@H](C(=O)OC)C1. The van der Waals surface area contributed by atoms with Crippen molar-refractivity contribution in [2.75, 3.05) is 31.2 Å². The molecular formula is C26H29N5O4. The van der Waals surface area contributed by atoms with E-state index in [2.05, 4.69) is 23.5 Å². The van der Waals surface area contributed by atoms with Crippen LogP contribution < -0.4 is 21.5 Å². The number of nitrogens with two attached hydrogens (primary N) is 2. The van der Waals surface area contributed by atoms with Gasteiger partial charge >= 0.3 is 5.97 Å². The van der Waals surface area contributed by atoms with E-state index in [4.69, 9.17) is 20.9 Å². The van der Waals surface area contributed by atoms with Crippen LogP contribution in [-0.2, 0) is 9.53 Å². The van der Waals surface area contributed by atoms with Crippen molar-refractivity contribution in [3.63, 3.8) is 0 Å². The number of Topliss-reactive ketones (excluding diaryl/α,β-unsaturated/α-hetero) is 1. The van der Waals surface area contributed by atoms with E-state index in [9.17, 15) is 9.59 Å². The van der Waals surface area contributed by atoms with Crippen LogP contribution in [0.15, 0.2) is 90.2 Å². The lowest BCUT2D eigenvalue weighted by molar-refractivity contribution is -0.144. The molecule has 182 valence electrons. The molecule has 1 fully saturated rings. The Labute approximate surface area is 204 Å². The molecule has 9 nitrogen and oxygen atoms in total. The Morgan fingerprint density at radius 2 is 1.91 bits per heavy atom. The summed E-state index contributed by atoms with van der Waals surface area (Å²) in [6.07, 6.45) is 3.58. The normalized spacial score (nSPS) is 15.9. The number of nitrogen functional groups attached to an aromatic ring is 1. The Hall–Kier alpha value is -4.53.